The summed E-state index contributed by atoms with van der Waals surface area (Å²) in [5.74, 6) is -0.184. The summed E-state index contributed by atoms with van der Waals surface area (Å²) in [5, 5.41) is 13.6. The highest BCUT2D eigenvalue weighted by molar-refractivity contribution is 7.86. The zero-order chi connectivity index (χ0) is 25.2. The number of alkyl halides is 3. The number of amides is 1. The van der Waals surface area contributed by atoms with Crippen molar-refractivity contribution in [1.29, 1.82) is 0 Å². The van der Waals surface area contributed by atoms with Crippen LogP contribution in [0.4, 0.5) is 24.5 Å². The monoisotopic (exact) mass is 517 g/mol. The quantitative estimate of drug-likeness (QED) is 0.199. The number of nitrogens with zero attached hydrogens (tertiary/aromatic N) is 3. The van der Waals surface area contributed by atoms with Gasteiger partial charge in [0.1, 0.15) is 9.90 Å². The normalized spacial score (nSPS) is 12.1. The van der Waals surface area contributed by atoms with E-state index in [1.54, 1.807) is 31.6 Å². The standard InChI is InChI=1S/C16H19ClN3O3S.CHF3O3S/c1-18(2)16(21)15-10(6-7-24-15)11-8-14(20(3,4)5)12(17)9-13(11)19(22)23;2-1(3,4)8(5,6)7/h6-9H,1-5H3;(H,5,6,7)/q+1;/p-1. The highest BCUT2D eigenvalue weighted by atomic mass is 35.5. The Labute approximate surface area is 191 Å². The third-order valence-corrected chi connectivity index (χ3v) is 5.60. The number of thiophene rings is 1. The Hall–Kier alpha value is -2.26. The summed E-state index contributed by atoms with van der Waals surface area (Å²) in [6.07, 6.45) is 0. The van der Waals surface area contributed by atoms with E-state index in [1.165, 1.54) is 22.3 Å². The molecular formula is C17H19ClF3N3O6S2. The predicted molar refractivity (Wildman–Crippen MR) is 115 cm³/mol. The van der Waals surface area contributed by atoms with E-state index in [0.717, 1.165) is 5.69 Å². The van der Waals surface area contributed by atoms with E-state index in [9.17, 15) is 28.1 Å². The van der Waals surface area contributed by atoms with Gasteiger partial charge in [-0.1, -0.05) is 11.6 Å². The van der Waals surface area contributed by atoms with Crippen molar-refractivity contribution in [2.24, 2.45) is 0 Å². The second-order valence-electron chi connectivity index (χ2n) is 7.35. The molecule has 0 aliphatic rings. The maximum absolute atomic E-state index is 12.4. The van der Waals surface area contributed by atoms with Gasteiger partial charge < -0.3 is 9.45 Å². The highest BCUT2D eigenvalue weighted by Gasteiger charge is 2.37. The fourth-order valence-corrected chi connectivity index (χ4v) is 3.66. The van der Waals surface area contributed by atoms with Crippen LogP contribution in [0.25, 0.3) is 11.1 Å². The van der Waals surface area contributed by atoms with Crippen LogP contribution < -0.4 is 4.48 Å². The minimum absolute atomic E-state index is 0.108. The number of halogens is 4. The zero-order valence-corrected chi connectivity index (χ0v) is 19.8. The minimum atomic E-state index is -6.09. The summed E-state index contributed by atoms with van der Waals surface area (Å²) in [5.41, 5.74) is -4.06. The molecule has 0 saturated heterocycles. The average molecular weight is 518 g/mol. The van der Waals surface area contributed by atoms with Gasteiger partial charge in [-0.2, -0.15) is 13.2 Å². The summed E-state index contributed by atoms with van der Waals surface area (Å²) in [7, 11) is 3.00. The van der Waals surface area contributed by atoms with Gasteiger partial charge >= 0.3 is 5.51 Å². The number of nitro groups is 1. The van der Waals surface area contributed by atoms with Gasteiger partial charge in [0, 0.05) is 31.8 Å². The van der Waals surface area contributed by atoms with Crippen LogP contribution >= 0.6 is 22.9 Å². The molecule has 178 valence electrons. The Bertz CT molecular complexity index is 1130. The van der Waals surface area contributed by atoms with Gasteiger partial charge in [0.25, 0.3) is 11.6 Å². The Kier molecular flexibility index (Phi) is 8.42. The molecule has 32 heavy (non-hydrogen) atoms. The van der Waals surface area contributed by atoms with E-state index in [2.05, 4.69) is 0 Å². The Balaban J connectivity index is 0.000000547. The first-order chi connectivity index (χ1) is 14.3. The van der Waals surface area contributed by atoms with Crippen molar-refractivity contribution in [2.75, 3.05) is 35.2 Å². The first kappa shape index (κ1) is 27.8. The average Bonchev–Trinajstić information content (AvgIpc) is 3.07. The molecule has 15 heteroatoms. The maximum Gasteiger partial charge on any atom is 0.485 e. The van der Waals surface area contributed by atoms with Crippen LogP contribution in [-0.2, 0) is 10.1 Å². The van der Waals surface area contributed by atoms with Crippen LogP contribution in [0.2, 0.25) is 5.02 Å². The van der Waals surface area contributed by atoms with Crippen LogP contribution in [0.3, 0.4) is 0 Å². The second-order valence-corrected chi connectivity index (χ2v) is 10.0. The molecule has 0 unspecified atom stereocenters. The summed E-state index contributed by atoms with van der Waals surface area (Å²) in [4.78, 5) is 25.3. The summed E-state index contributed by atoms with van der Waals surface area (Å²) >= 11 is 7.52. The molecule has 0 aliphatic heterocycles. The fourth-order valence-electron chi connectivity index (χ4n) is 2.32. The molecule has 0 radical (unpaired) electrons. The topological polar surface area (TPSA) is 121 Å². The lowest BCUT2D eigenvalue weighted by molar-refractivity contribution is -0.384. The number of quaternary nitrogens is 1. The predicted octanol–water partition coefficient (Wildman–Crippen LogP) is 3.93. The molecule has 0 atom stereocenters. The summed E-state index contributed by atoms with van der Waals surface area (Å²) in [6.45, 7) is 0. The van der Waals surface area contributed by atoms with Crippen LogP contribution in [0.15, 0.2) is 23.6 Å². The van der Waals surface area contributed by atoms with E-state index in [0.29, 0.717) is 25.5 Å². The number of nitro benzene ring substituents is 1. The lowest BCUT2D eigenvalue weighted by Crippen LogP contribution is -2.35. The molecule has 0 N–H and O–H groups in total. The fraction of sp³-hybridized carbons (Fsp3) is 0.353. The molecule has 2 aromatic rings. The van der Waals surface area contributed by atoms with Crippen LogP contribution in [0.5, 0.6) is 0 Å². The SMILES string of the molecule is CN(C)C(=O)c1sccc1-c1cc([N+](C)(C)C)c(Cl)cc1[N+](=O)[O-].O=S(=O)([O-])C(F)(F)F. The third kappa shape index (κ3) is 6.62. The van der Waals surface area contributed by atoms with Gasteiger partial charge in [0.15, 0.2) is 15.8 Å². The van der Waals surface area contributed by atoms with E-state index in [-0.39, 0.29) is 11.6 Å². The minimum Gasteiger partial charge on any atom is -0.741 e. The number of rotatable bonds is 4. The molecule has 0 spiro atoms. The Morgan fingerprint density at radius 3 is 2.06 bits per heavy atom. The molecule has 1 aromatic carbocycles. The zero-order valence-electron chi connectivity index (χ0n) is 17.4. The number of hydrogen-bond donors (Lipinski definition) is 0. The van der Waals surface area contributed by atoms with Gasteiger partial charge in [0.2, 0.25) is 0 Å². The number of benzene rings is 1. The van der Waals surface area contributed by atoms with Crippen LogP contribution in [-0.4, -0.2) is 69.4 Å². The summed E-state index contributed by atoms with van der Waals surface area (Å²) in [6, 6.07) is 4.79. The van der Waals surface area contributed by atoms with Crippen molar-refractivity contribution in [3.63, 3.8) is 0 Å². The Morgan fingerprint density at radius 1 is 1.19 bits per heavy atom. The molecule has 1 heterocycles. The van der Waals surface area contributed by atoms with Gasteiger partial charge in [-0.15, -0.1) is 11.3 Å². The molecule has 1 aromatic heterocycles. The van der Waals surface area contributed by atoms with E-state index < -0.39 is 20.5 Å². The lowest BCUT2D eigenvalue weighted by Gasteiger charge is -2.25. The Morgan fingerprint density at radius 2 is 1.69 bits per heavy atom. The molecule has 9 nitrogen and oxygen atoms in total. The molecular weight excluding hydrogens is 499 g/mol. The first-order valence-electron chi connectivity index (χ1n) is 8.40. The smallest absolute Gasteiger partial charge is 0.485 e. The van der Waals surface area contributed by atoms with Crippen molar-refractivity contribution in [3.05, 3.63) is 43.6 Å². The van der Waals surface area contributed by atoms with Gasteiger partial charge in [-0.25, -0.2) is 8.42 Å². The van der Waals surface area contributed by atoms with Crippen LogP contribution in [0, 0.1) is 10.1 Å². The molecule has 0 bridgehead atoms. The van der Waals surface area contributed by atoms with Gasteiger partial charge in [-0.05, 0) is 11.4 Å². The molecule has 0 aliphatic carbocycles. The highest BCUT2D eigenvalue weighted by Crippen LogP contribution is 2.42. The summed E-state index contributed by atoms with van der Waals surface area (Å²) < 4.78 is 59.3. The number of carbonyl (C=O) groups excluding carboxylic acids is 1. The van der Waals surface area contributed by atoms with Crippen molar-refractivity contribution in [2.45, 2.75) is 5.51 Å². The van der Waals surface area contributed by atoms with Crippen molar-refractivity contribution < 1.29 is 35.9 Å². The van der Waals surface area contributed by atoms with Gasteiger partial charge in [-0.3, -0.25) is 19.4 Å². The van der Waals surface area contributed by atoms with Crippen molar-refractivity contribution in [3.8, 4) is 11.1 Å². The largest absolute Gasteiger partial charge is 0.741 e. The third-order valence-electron chi connectivity index (χ3n) is 3.82. The second kappa shape index (κ2) is 9.70. The van der Waals surface area contributed by atoms with Gasteiger partial charge in [0.05, 0.1) is 31.6 Å². The molecule has 2 rings (SSSR count). The van der Waals surface area contributed by atoms with Crippen LogP contribution in [0.1, 0.15) is 9.67 Å². The van der Waals surface area contributed by atoms with Crippen molar-refractivity contribution >= 4 is 50.3 Å². The number of carbonyl (C=O) groups is 1. The number of hydrogen-bond acceptors (Lipinski definition) is 7. The maximum atomic E-state index is 12.4. The first-order valence-corrected chi connectivity index (χ1v) is 11.1. The molecule has 0 saturated carbocycles. The van der Waals surface area contributed by atoms with E-state index in [4.69, 9.17) is 24.6 Å². The van der Waals surface area contributed by atoms with E-state index >= 15 is 0 Å². The molecule has 0 fully saturated rings. The van der Waals surface area contributed by atoms with Crippen molar-refractivity contribution in [1.82, 2.24) is 9.38 Å². The molecule has 1 amide bonds. The lowest BCUT2D eigenvalue weighted by atomic mass is 10.0. The van der Waals surface area contributed by atoms with E-state index in [1.807, 2.05) is 21.1 Å².